The van der Waals surface area contributed by atoms with Crippen LogP contribution in [0.3, 0.4) is 0 Å². The molecule has 0 spiro atoms. The number of likely N-dealkylation sites (tertiary alicyclic amines) is 1. The molecule has 0 aromatic carbocycles. The molecule has 22 heavy (non-hydrogen) atoms. The number of piperidine rings is 1. The molecule has 1 aliphatic heterocycles. The van der Waals surface area contributed by atoms with E-state index in [0.29, 0.717) is 12.6 Å². The average molecular weight is 312 g/mol. The van der Waals surface area contributed by atoms with E-state index in [4.69, 9.17) is 4.74 Å². The Bertz CT molecular complexity index is 365. The van der Waals surface area contributed by atoms with E-state index in [9.17, 15) is 9.90 Å². The van der Waals surface area contributed by atoms with Crippen molar-refractivity contribution in [3.8, 4) is 0 Å². The molecule has 0 bridgehead atoms. The highest BCUT2D eigenvalue weighted by molar-refractivity contribution is 5.68. The van der Waals surface area contributed by atoms with Crippen LogP contribution in [0.25, 0.3) is 0 Å². The van der Waals surface area contributed by atoms with Crippen LogP contribution in [-0.2, 0) is 4.74 Å². The molecule has 0 unspecified atom stereocenters. The summed E-state index contributed by atoms with van der Waals surface area (Å²) in [5, 5.41) is 14.0. The van der Waals surface area contributed by atoms with Gasteiger partial charge in [-0.1, -0.05) is 19.3 Å². The van der Waals surface area contributed by atoms with Crippen LogP contribution in [0.1, 0.15) is 65.7 Å². The lowest BCUT2D eigenvalue weighted by Gasteiger charge is -2.37. The van der Waals surface area contributed by atoms with Crippen molar-refractivity contribution >= 4 is 6.09 Å². The Morgan fingerprint density at radius 1 is 1.23 bits per heavy atom. The molecule has 1 saturated heterocycles. The lowest BCUT2D eigenvalue weighted by atomic mass is 9.84. The van der Waals surface area contributed by atoms with E-state index in [2.05, 4.69) is 5.32 Å². The van der Waals surface area contributed by atoms with Gasteiger partial charge in [0.2, 0.25) is 0 Å². The number of rotatable bonds is 3. The number of hydrogen-bond donors (Lipinski definition) is 2. The maximum atomic E-state index is 12.0. The highest BCUT2D eigenvalue weighted by Crippen LogP contribution is 2.27. The molecule has 128 valence electrons. The minimum absolute atomic E-state index is 0.211. The lowest BCUT2D eigenvalue weighted by molar-refractivity contribution is -0.00167. The van der Waals surface area contributed by atoms with E-state index in [-0.39, 0.29) is 6.09 Å². The molecular weight excluding hydrogens is 280 g/mol. The first-order valence-corrected chi connectivity index (χ1v) is 8.71. The first-order chi connectivity index (χ1) is 10.3. The van der Waals surface area contributed by atoms with Crippen LogP contribution in [-0.4, -0.2) is 53.0 Å². The first kappa shape index (κ1) is 17.5. The maximum Gasteiger partial charge on any atom is 0.410 e. The summed E-state index contributed by atoms with van der Waals surface area (Å²) in [6.07, 6.45) is 6.98. The number of aliphatic hydroxyl groups is 1. The van der Waals surface area contributed by atoms with Crippen molar-refractivity contribution in [1.29, 1.82) is 0 Å². The topological polar surface area (TPSA) is 61.8 Å². The van der Waals surface area contributed by atoms with E-state index in [1.807, 2.05) is 20.8 Å². The number of ether oxygens (including phenoxy) is 1. The number of carbonyl (C=O) groups is 1. The van der Waals surface area contributed by atoms with Gasteiger partial charge in [-0.25, -0.2) is 4.79 Å². The van der Waals surface area contributed by atoms with Crippen molar-refractivity contribution < 1.29 is 14.6 Å². The Morgan fingerprint density at radius 2 is 1.82 bits per heavy atom. The predicted octanol–water partition coefficient (Wildman–Crippen LogP) is 2.67. The van der Waals surface area contributed by atoms with Crippen molar-refractivity contribution in [3.05, 3.63) is 0 Å². The summed E-state index contributed by atoms with van der Waals surface area (Å²) in [6.45, 7) is 7.82. The highest BCUT2D eigenvalue weighted by atomic mass is 16.6. The molecule has 0 aromatic rings. The predicted molar refractivity (Wildman–Crippen MR) is 86.9 cm³/mol. The molecule has 1 saturated carbocycles. The Morgan fingerprint density at radius 3 is 2.36 bits per heavy atom. The van der Waals surface area contributed by atoms with Crippen LogP contribution in [0.2, 0.25) is 0 Å². The van der Waals surface area contributed by atoms with Crippen molar-refractivity contribution in [2.45, 2.75) is 83.0 Å². The molecule has 1 aliphatic carbocycles. The third-order valence-electron chi connectivity index (χ3n) is 4.65. The van der Waals surface area contributed by atoms with Crippen molar-refractivity contribution in [1.82, 2.24) is 10.2 Å². The summed E-state index contributed by atoms with van der Waals surface area (Å²) >= 11 is 0. The molecule has 1 heterocycles. The Balaban J connectivity index is 1.70. The minimum atomic E-state index is -0.513. The summed E-state index contributed by atoms with van der Waals surface area (Å²) in [7, 11) is 0. The summed E-state index contributed by atoms with van der Waals surface area (Å²) < 4.78 is 5.41. The molecule has 2 rings (SSSR count). The van der Waals surface area contributed by atoms with Gasteiger partial charge in [-0.05, 0) is 46.5 Å². The van der Waals surface area contributed by atoms with Gasteiger partial charge in [0.1, 0.15) is 5.60 Å². The second kappa shape index (κ2) is 7.18. The van der Waals surface area contributed by atoms with Gasteiger partial charge in [-0.15, -0.1) is 0 Å². The summed E-state index contributed by atoms with van der Waals surface area (Å²) in [5.41, 5.74) is -0.947. The molecule has 2 aliphatic rings. The van der Waals surface area contributed by atoms with E-state index in [0.717, 1.165) is 51.6 Å². The fourth-order valence-electron chi connectivity index (χ4n) is 3.31. The highest BCUT2D eigenvalue weighted by Gasteiger charge is 2.31. The van der Waals surface area contributed by atoms with Gasteiger partial charge in [-0.3, -0.25) is 0 Å². The smallest absolute Gasteiger partial charge is 0.410 e. The number of nitrogens with one attached hydrogen (secondary N) is 1. The first-order valence-electron chi connectivity index (χ1n) is 8.71. The number of hydrogen-bond acceptors (Lipinski definition) is 4. The van der Waals surface area contributed by atoms with Gasteiger partial charge in [0.05, 0.1) is 5.60 Å². The molecule has 0 radical (unpaired) electrons. The lowest BCUT2D eigenvalue weighted by Crippen LogP contribution is -2.50. The van der Waals surface area contributed by atoms with Crippen LogP contribution >= 0.6 is 0 Å². The van der Waals surface area contributed by atoms with Gasteiger partial charge < -0.3 is 20.1 Å². The summed E-state index contributed by atoms with van der Waals surface area (Å²) in [4.78, 5) is 13.8. The van der Waals surface area contributed by atoms with E-state index >= 15 is 0 Å². The molecule has 2 N–H and O–H groups in total. The molecule has 2 fully saturated rings. The maximum absolute atomic E-state index is 12.0. The Labute approximate surface area is 134 Å². The van der Waals surface area contributed by atoms with E-state index < -0.39 is 11.2 Å². The number of carbonyl (C=O) groups excluding carboxylic acids is 1. The Kier molecular flexibility index (Phi) is 5.72. The standard InChI is InChI=1S/C17H32N2O3/c1-16(2,3)22-15(20)19-11-7-14(8-12-19)18-13-17(21)9-5-4-6-10-17/h14,18,21H,4-13H2,1-3H3. The third kappa shape index (κ3) is 5.43. The van der Waals surface area contributed by atoms with Crippen molar-refractivity contribution in [2.75, 3.05) is 19.6 Å². The van der Waals surface area contributed by atoms with Crippen molar-refractivity contribution in [3.63, 3.8) is 0 Å². The van der Waals surface area contributed by atoms with Crippen LogP contribution < -0.4 is 5.32 Å². The van der Waals surface area contributed by atoms with Gasteiger partial charge in [0, 0.05) is 25.7 Å². The largest absolute Gasteiger partial charge is 0.444 e. The fourth-order valence-corrected chi connectivity index (χ4v) is 3.31. The molecule has 5 heteroatoms. The summed E-state index contributed by atoms with van der Waals surface area (Å²) in [5.74, 6) is 0. The normalized spacial score (nSPS) is 23.4. The van der Waals surface area contributed by atoms with Crippen LogP contribution in [0.15, 0.2) is 0 Å². The fraction of sp³-hybridized carbons (Fsp3) is 0.941. The zero-order chi connectivity index (χ0) is 16.2. The van der Waals surface area contributed by atoms with Gasteiger partial charge in [0.25, 0.3) is 0 Å². The van der Waals surface area contributed by atoms with Crippen LogP contribution in [0, 0.1) is 0 Å². The molecular formula is C17H32N2O3. The van der Waals surface area contributed by atoms with Crippen LogP contribution in [0.4, 0.5) is 4.79 Å². The SMILES string of the molecule is CC(C)(C)OC(=O)N1CCC(NCC2(O)CCCCC2)CC1. The summed E-state index contributed by atoms with van der Waals surface area (Å²) in [6, 6.07) is 0.393. The molecule has 0 aromatic heterocycles. The number of nitrogens with zero attached hydrogens (tertiary/aromatic N) is 1. The molecule has 1 amide bonds. The van der Waals surface area contributed by atoms with Gasteiger partial charge in [0.15, 0.2) is 0 Å². The van der Waals surface area contributed by atoms with E-state index in [1.54, 1.807) is 4.90 Å². The third-order valence-corrected chi connectivity index (χ3v) is 4.65. The van der Waals surface area contributed by atoms with Crippen molar-refractivity contribution in [2.24, 2.45) is 0 Å². The average Bonchev–Trinajstić information content (AvgIpc) is 2.45. The second-order valence-electron chi connectivity index (χ2n) is 7.91. The monoisotopic (exact) mass is 312 g/mol. The second-order valence-corrected chi connectivity index (χ2v) is 7.91. The van der Waals surface area contributed by atoms with Gasteiger partial charge >= 0.3 is 6.09 Å². The van der Waals surface area contributed by atoms with Gasteiger partial charge in [-0.2, -0.15) is 0 Å². The molecule has 5 nitrogen and oxygen atoms in total. The molecule has 0 atom stereocenters. The quantitative estimate of drug-likeness (QED) is 0.841. The Hall–Kier alpha value is -0.810. The zero-order valence-electron chi connectivity index (χ0n) is 14.4. The number of amides is 1. The van der Waals surface area contributed by atoms with Crippen LogP contribution in [0.5, 0.6) is 0 Å². The minimum Gasteiger partial charge on any atom is -0.444 e. The zero-order valence-corrected chi connectivity index (χ0v) is 14.4. The van der Waals surface area contributed by atoms with E-state index in [1.165, 1.54) is 6.42 Å².